The fourth-order valence-electron chi connectivity index (χ4n) is 1.21. The number of rotatable bonds is 4. The summed E-state index contributed by atoms with van der Waals surface area (Å²) in [6.07, 6.45) is 0. The second kappa shape index (κ2) is 5.60. The van der Waals surface area contributed by atoms with Gasteiger partial charge in [0.05, 0.1) is 0 Å². The number of halogens is 1. The van der Waals surface area contributed by atoms with Crippen LogP contribution < -0.4 is 3.53 Å². The van der Waals surface area contributed by atoms with Gasteiger partial charge in [0.2, 0.25) is 0 Å². The molecule has 0 radical (unpaired) electrons. The van der Waals surface area contributed by atoms with Crippen LogP contribution in [0.3, 0.4) is 0 Å². The van der Waals surface area contributed by atoms with Crippen molar-refractivity contribution in [3.63, 3.8) is 0 Å². The fraction of sp³-hybridized carbons (Fsp3) is 0.455. The Morgan fingerprint density at radius 2 is 1.85 bits per heavy atom. The van der Waals surface area contributed by atoms with Gasteiger partial charge in [-0.3, -0.25) is 0 Å². The Kier molecular flexibility index (Phi) is 4.73. The van der Waals surface area contributed by atoms with E-state index in [0.717, 1.165) is 0 Å². The second-order valence-corrected chi connectivity index (χ2v) is 8.23. The molecule has 74 valence electrons. The van der Waals surface area contributed by atoms with E-state index in [-0.39, 0.29) is 0 Å². The summed E-state index contributed by atoms with van der Waals surface area (Å²) in [5.41, 5.74) is 1.48. The van der Waals surface area contributed by atoms with E-state index in [0.29, 0.717) is 6.04 Å². The molecule has 1 aromatic carbocycles. The molecule has 1 aromatic rings. The van der Waals surface area contributed by atoms with Crippen molar-refractivity contribution in [2.75, 3.05) is 4.93 Å². The monoisotopic (exact) mass is 291 g/mol. The van der Waals surface area contributed by atoms with E-state index in [1.54, 1.807) is 0 Å². The van der Waals surface area contributed by atoms with Gasteiger partial charge in [-0.1, -0.05) is 0 Å². The third-order valence-electron chi connectivity index (χ3n) is 1.60. The molecule has 0 aliphatic heterocycles. The molecule has 0 aliphatic rings. The number of alkyl halides is 2. The van der Waals surface area contributed by atoms with Crippen molar-refractivity contribution in [1.29, 1.82) is 0 Å². The quantitative estimate of drug-likeness (QED) is 0.510. The zero-order valence-corrected chi connectivity index (χ0v) is 10.7. The molecule has 0 unspecified atom stereocenters. The van der Waals surface area contributed by atoms with Crippen LogP contribution in [0.25, 0.3) is 0 Å². The molecule has 0 aromatic heterocycles. The van der Waals surface area contributed by atoms with Crippen molar-refractivity contribution in [3.05, 3.63) is 35.9 Å². The molecule has 1 rings (SSSR count). The standard InChI is InChI=1S/C11H18IN/c1-10(2)13-12(3)9-11-7-5-4-6-8-11/h4-8,10,13H,9H2,1-3H3. The topological polar surface area (TPSA) is 12.0 Å². The average molecular weight is 291 g/mol. The van der Waals surface area contributed by atoms with E-state index in [2.05, 4.69) is 52.6 Å². The number of benzene rings is 1. The first-order chi connectivity index (χ1) is 6.18. The molecular formula is C11H18IN. The third-order valence-corrected chi connectivity index (χ3v) is 5.94. The van der Waals surface area contributed by atoms with Gasteiger partial charge in [-0.05, 0) is 0 Å². The first-order valence-electron chi connectivity index (χ1n) is 4.54. The van der Waals surface area contributed by atoms with Gasteiger partial charge in [-0.25, -0.2) is 0 Å². The van der Waals surface area contributed by atoms with E-state index in [1.807, 2.05) is 0 Å². The minimum absolute atomic E-state index is 0.638. The van der Waals surface area contributed by atoms with E-state index in [1.165, 1.54) is 9.99 Å². The van der Waals surface area contributed by atoms with Crippen LogP contribution in [0.15, 0.2) is 30.3 Å². The van der Waals surface area contributed by atoms with E-state index < -0.39 is 20.1 Å². The van der Waals surface area contributed by atoms with Crippen molar-refractivity contribution in [2.45, 2.75) is 24.3 Å². The molecule has 0 fully saturated rings. The number of hydrogen-bond donors (Lipinski definition) is 1. The molecule has 0 spiro atoms. The van der Waals surface area contributed by atoms with E-state index in [9.17, 15) is 0 Å². The van der Waals surface area contributed by atoms with Crippen LogP contribution in [-0.2, 0) is 4.43 Å². The van der Waals surface area contributed by atoms with Crippen molar-refractivity contribution in [2.24, 2.45) is 0 Å². The van der Waals surface area contributed by atoms with Gasteiger partial charge in [0.25, 0.3) is 0 Å². The Morgan fingerprint density at radius 3 is 2.38 bits per heavy atom. The van der Waals surface area contributed by atoms with Crippen molar-refractivity contribution >= 4 is 20.1 Å². The summed E-state index contributed by atoms with van der Waals surface area (Å²) in [6.45, 7) is 4.44. The number of nitrogens with one attached hydrogen (secondary N) is 1. The minimum atomic E-state index is -0.902. The molecule has 0 atom stereocenters. The molecule has 0 heterocycles. The van der Waals surface area contributed by atoms with Crippen LogP contribution in [-0.4, -0.2) is 11.0 Å². The first-order valence-corrected chi connectivity index (χ1v) is 9.30. The van der Waals surface area contributed by atoms with Crippen LogP contribution >= 0.6 is 20.1 Å². The van der Waals surface area contributed by atoms with Crippen molar-refractivity contribution in [1.82, 2.24) is 3.53 Å². The fourth-order valence-corrected chi connectivity index (χ4v) is 5.39. The summed E-state index contributed by atoms with van der Waals surface area (Å²) in [7, 11) is 0. The van der Waals surface area contributed by atoms with Gasteiger partial charge < -0.3 is 0 Å². The summed E-state index contributed by atoms with van der Waals surface area (Å²) in [5, 5.41) is 0. The van der Waals surface area contributed by atoms with Gasteiger partial charge in [-0.2, -0.15) is 0 Å². The normalized spacial score (nSPS) is 11.8. The van der Waals surface area contributed by atoms with Gasteiger partial charge >= 0.3 is 88.8 Å². The van der Waals surface area contributed by atoms with Crippen LogP contribution in [0.1, 0.15) is 19.4 Å². The Balaban J connectivity index is 2.41. The first kappa shape index (κ1) is 11.0. The number of hydrogen-bond acceptors (Lipinski definition) is 1. The van der Waals surface area contributed by atoms with Crippen LogP contribution in [0, 0.1) is 0 Å². The Labute approximate surface area is 88.7 Å². The average Bonchev–Trinajstić information content (AvgIpc) is 2.04. The summed E-state index contributed by atoms with van der Waals surface area (Å²) in [6, 6.07) is 11.4. The molecule has 0 aliphatic carbocycles. The van der Waals surface area contributed by atoms with Crippen LogP contribution in [0.4, 0.5) is 0 Å². The summed E-state index contributed by atoms with van der Waals surface area (Å²) < 4.78 is 4.91. The zero-order chi connectivity index (χ0) is 9.68. The van der Waals surface area contributed by atoms with Gasteiger partial charge in [0.15, 0.2) is 0 Å². The molecule has 0 bridgehead atoms. The van der Waals surface area contributed by atoms with Crippen molar-refractivity contribution in [3.8, 4) is 0 Å². The summed E-state index contributed by atoms with van der Waals surface area (Å²) >= 11 is -0.902. The molecule has 2 heteroatoms. The molecule has 13 heavy (non-hydrogen) atoms. The maximum absolute atomic E-state index is 3.65. The SMILES string of the molecule is CC(C)NI(C)Cc1ccccc1. The third kappa shape index (κ3) is 4.62. The second-order valence-electron chi connectivity index (χ2n) is 3.47. The van der Waals surface area contributed by atoms with Crippen LogP contribution in [0.2, 0.25) is 0 Å². The van der Waals surface area contributed by atoms with Gasteiger partial charge in [0.1, 0.15) is 0 Å². The molecule has 0 amide bonds. The Bertz CT molecular complexity index is 233. The molecule has 0 saturated heterocycles. The predicted molar refractivity (Wildman–Crippen MR) is 68.4 cm³/mol. The van der Waals surface area contributed by atoms with Gasteiger partial charge in [0, 0.05) is 0 Å². The van der Waals surface area contributed by atoms with Crippen molar-refractivity contribution < 1.29 is 0 Å². The van der Waals surface area contributed by atoms with Crippen LogP contribution in [0.5, 0.6) is 0 Å². The molecule has 1 N–H and O–H groups in total. The van der Waals surface area contributed by atoms with E-state index >= 15 is 0 Å². The molecular weight excluding hydrogens is 273 g/mol. The Morgan fingerprint density at radius 1 is 1.23 bits per heavy atom. The van der Waals surface area contributed by atoms with Gasteiger partial charge in [-0.15, -0.1) is 0 Å². The summed E-state index contributed by atoms with van der Waals surface area (Å²) in [4.78, 5) is 2.39. The maximum atomic E-state index is 3.65. The predicted octanol–water partition coefficient (Wildman–Crippen LogP) is 3.24. The Hall–Kier alpha value is -0.0900. The summed E-state index contributed by atoms with van der Waals surface area (Å²) in [5.74, 6) is 0. The molecule has 0 saturated carbocycles. The molecule has 1 nitrogen and oxygen atoms in total. The zero-order valence-electron chi connectivity index (χ0n) is 8.55. The van der Waals surface area contributed by atoms with E-state index in [4.69, 9.17) is 0 Å².